The van der Waals surface area contributed by atoms with Gasteiger partial charge in [-0.1, -0.05) is 24.8 Å². The van der Waals surface area contributed by atoms with Crippen LogP contribution >= 0.6 is 0 Å². The van der Waals surface area contributed by atoms with E-state index in [4.69, 9.17) is 9.73 Å². The van der Waals surface area contributed by atoms with Gasteiger partial charge in [-0.2, -0.15) is 0 Å². The molecule has 0 radical (unpaired) electrons. The number of nitrogens with zero attached hydrogens (tertiary/aromatic N) is 3. The molecule has 1 aliphatic carbocycles. The van der Waals surface area contributed by atoms with Crippen molar-refractivity contribution in [3.63, 3.8) is 0 Å². The van der Waals surface area contributed by atoms with Crippen molar-refractivity contribution in [3.8, 4) is 11.8 Å². The summed E-state index contributed by atoms with van der Waals surface area (Å²) in [6.07, 6.45) is 10.6. The highest BCUT2D eigenvalue weighted by Crippen LogP contribution is 2.37. The highest BCUT2D eigenvalue weighted by molar-refractivity contribution is 6.01. The molecule has 1 saturated carbocycles. The third-order valence-corrected chi connectivity index (χ3v) is 6.38. The van der Waals surface area contributed by atoms with Gasteiger partial charge in [0.05, 0.1) is 12.1 Å². The van der Waals surface area contributed by atoms with E-state index in [-0.39, 0.29) is 29.8 Å². The molecule has 2 fully saturated rings. The van der Waals surface area contributed by atoms with E-state index in [1.807, 2.05) is 15.9 Å². The number of amidine groups is 1. The van der Waals surface area contributed by atoms with Gasteiger partial charge in [0.1, 0.15) is 11.7 Å². The lowest BCUT2D eigenvalue weighted by molar-refractivity contribution is 0.165. The Kier molecular flexibility index (Phi) is 7.06. The fraction of sp³-hybridized carbons (Fsp3) is 0.462. The van der Waals surface area contributed by atoms with Crippen LogP contribution in [0.2, 0.25) is 0 Å². The smallest absolute Gasteiger partial charge is 0.326 e. The molecule has 1 aromatic carbocycles. The molecule has 5 nitrogen and oxygen atoms in total. The highest BCUT2D eigenvalue weighted by Gasteiger charge is 2.49. The Morgan fingerprint density at radius 2 is 1.97 bits per heavy atom. The maximum atomic E-state index is 13.4. The molecule has 3 aliphatic rings. The quantitative estimate of drug-likeness (QED) is 0.506. The van der Waals surface area contributed by atoms with Crippen LogP contribution in [0.15, 0.2) is 53.2 Å². The lowest BCUT2D eigenvalue weighted by atomic mass is 10.0. The number of carbonyl (C=O) groups is 1. The molecule has 0 bridgehead atoms. The van der Waals surface area contributed by atoms with E-state index < -0.39 is 0 Å². The number of halogens is 1. The Morgan fingerprint density at radius 3 is 2.75 bits per heavy atom. The first kappa shape index (κ1) is 22.3. The van der Waals surface area contributed by atoms with Gasteiger partial charge in [-0.05, 0) is 62.4 Å². The van der Waals surface area contributed by atoms with Crippen molar-refractivity contribution in [2.45, 2.75) is 51.1 Å². The number of fused-ring (bicyclic) bond motifs is 1. The zero-order valence-corrected chi connectivity index (χ0v) is 18.8. The number of rotatable bonds is 4. The van der Waals surface area contributed by atoms with E-state index >= 15 is 0 Å². The summed E-state index contributed by atoms with van der Waals surface area (Å²) in [5.41, 5.74) is 1.51. The normalized spacial score (nSPS) is 25.0. The summed E-state index contributed by atoms with van der Waals surface area (Å²) in [5, 5.41) is 0. The first-order chi connectivity index (χ1) is 15.6. The predicted molar refractivity (Wildman–Crippen MR) is 124 cm³/mol. The van der Waals surface area contributed by atoms with Crippen LogP contribution in [-0.2, 0) is 4.74 Å². The van der Waals surface area contributed by atoms with Gasteiger partial charge in [-0.15, -0.1) is 0 Å². The number of hydrogen-bond donors (Lipinski definition) is 0. The molecule has 2 amide bonds. The van der Waals surface area contributed by atoms with Crippen LogP contribution in [0.1, 0.15) is 44.6 Å². The van der Waals surface area contributed by atoms with Crippen LogP contribution in [0.5, 0.6) is 0 Å². The van der Waals surface area contributed by atoms with Gasteiger partial charge in [-0.25, -0.2) is 14.2 Å². The van der Waals surface area contributed by atoms with Crippen molar-refractivity contribution in [1.29, 1.82) is 0 Å². The van der Waals surface area contributed by atoms with Crippen molar-refractivity contribution in [3.05, 3.63) is 59.6 Å². The highest BCUT2D eigenvalue weighted by atomic mass is 19.1. The van der Waals surface area contributed by atoms with E-state index in [9.17, 15) is 9.18 Å². The molecule has 3 unspecified atom stereocenters. The van der Waals surface area contributed by atoms with Crippen molar-refractivity contribution >= 4 is 11.9 Å². The Hall–Kier alpha value is -2.91. The summed E-state index contributed by atoms with van der Waals surface area (Å²) in [4.78, 5) is 22.2. The second-order valence-corrected chi connectivity index (χ2v) is 8.63. The van der Waals surface area contributed by atoms with Crippen LogP contribution in [0.25, 0.3) is 0 Å². The number of carbonyl (C=O) groups excluding carboxylic acids is 1. The van der Waals surface area contributed by atoms with Gasteiger partial charge in [0.2, 0.25) is 0 Å². The van der Waals surface area contributed by atoms with Gasteiger partial charge in [0.25, 0.3) is 0 Å². The summed E-state index contributed by atoms with van der Waals surface area (Å²) in [6.45, 7) is 3.50. The summed E-state index contributed by atoms with van der Waals surface area (Å²) in [7, 11) is 1.69. The number of hydrogen-bond acceptors (Lipinski definition) is 3. The number of allylic oxidation sites excluding steroid dienone is 3. The van der Waals surface area contributed by atoms with Crippen LogP contribution in [0, 0.1) is 23.6 Å². The number of benzene rings is 1. The van der Waals surface area contributed by atoms with E-state index in [1.54, 1.807) is 25.4 Å². The van der Waals surface area contributed by atoms with Gasteiger partial charge in [-0.3, -0.25) is 4.90 Å². The maximum Gasteiger partial charge on any atom is 0.326 e. The molecule has 1 aromatic rings. The third-order valence-electron chi connectivity index (χ3n) is 6.38. The Balaban J connectivity index is 1.59. The number of urea groups is 1. The minimum Gasteiger partial charge on any atom is -0.385 e. The van der Waals surface area contributed by atoms with Gasteiger partial charge >= 0.3 is 6.03 Å². The third kappa shape index (κ3) is 4.78. The predicted octanol–water partition coefficient (Wildman–Crippen LogP) is 4.75. The van der Waals surface area contributed by atoms with E-state index in [0.717, 1.165) is 55.6 Å². The molecule has 0 N–H and O–H groups in total. The molecule has 0 aromatic heterocycles. The van der Waals surface area contributed by atoms with Crippen LogP contribution in [-0.4, -0.2) is 54.0 Å². The minimum atomic E-state index is -0.277. The Bertz CT molecular complexity index is 987. The van der Waals surface area contributed by atoms with Gasteiger partial charge in [0, 0.05) is 43.5 Å². The molecule has 32 heavy (non-hydrogen) atoms. The lowest BCUT2D eigenvalue weighted by Crippen LogP contribution is -2.43. The zero-order valence-electron chi connectivity index (χ0n) is 18.8. The van der Waals surface area contributed by atoms with Crippen LogP contribution in [0.4, 0.5) is 9.18 Å². The van der Waals surface area contributed by atoms with Crippen LogP contribution < -0.4 is 0 Å². The second kappa shape index (κ2) is 10.1. The largest absolute Gasteiger partial charge is 0.385 e. The Labute approximate surface area is 189 Å². The molecule has 4 rings (SSSR count). The molecular weight excluding hydrogens is 405 g/mol. The molecule has 3 atom stereocenters. The van der Waals surface area contributed by atoms with Crippen molar-refractivity contribution in [1.82, 2.24) is 9.80 Å². The fourth-order valence-corrected chi connectivity index (χ4v) is 4.78. The monoisotopic (exact) mass is 435 g/mol. The summed E-state index contributed by atoms with van der Waals surface area (Å²) >= 11 is 0. The molecule has 0 spiro atoms. The Morgan fingerprint density at radius 1 is 1.19 bits per heavy atom. The molecule has 2 aliphatic heterocycles. The number of aliphatic imine (C=N–C) groups is 1. The number of ether oxygens (including phenoxy) is 1. The molecule has 2 heterocycles. The van der Waals surface area contributed by atoms with Crippen molar-refractivity contribution in [2.24, 2.45) is 10.9 Å². The topological polar surface area (TPSA) is 45.1 Å². The minimum absolute atomic E-state index is 0.0679. The fourth-order valence-electron chi connectivity index (χ4n) is 4.78. The molecule has 1 saturated heterocycles. The summed E-state index contributed by atoms with van der Waals surface area (Å²) < 4.78 is 18.3. The average Bonchev–Trinajstić information content (AvgIpc) is 3.34. The summed E-state index contributed by atoms with van der Waals surface area (Å²) in [6, 6.07) is 6.65. The standard InChI is InChI=1S/C26H30FN3O2/c1-19-6-3-7-21(11-10-20-12-14-22(27)15-13-20)18-28-25(19)30-24-9-4-8-23(24)29(26(30)31)16-5-17-32-2/h3,7,12-15,18-19,23-24H,4-6,8-9,16-17H2,1-2H3. The SMILES string of the molecule is COCCCN1C(=O)N(C2=NC=C(C#Cc3ccc(F)cc3)C=CCC2C)C2CCCC21. The first-order valence-corrected chi connectivity index (χ1v) is 11.4. The zero-order chi connectivity index (χ0) is 22.5. The van der Waals surface area contributed by atoms with Gasteiger partial charge < -0.3 is 9.64 Å². The average molecular weight is 436 g/mol. The van der Waals surface area contributed by atoms with E-state index in [1.165, 1.54) is 12.1 Å². The second-order valence-electron chi connectivity index (χ2n) is 8.63. The molecule has 6 heteroatoms. The van der Waals surface area contributed by atoms with Crippen LogP contribution in [0.3, 0.4) is 0 Å². The number of methoxy groups -OCH3 is 1. The maximum absolute atomic E-state index is 13.4. The molecule has 168 valence electrons. The van der Waals surface area contributed by atoms with E-state index in [0.29, 0.717) is 6.61 Å². The lowest BCUT2D eigenvalue weighted by Gasteiger charge is -2.27. The van der Waals surface area contributed by atoms with Crippen molar-refractivity contribution in [2.75, 3.05) is 20.3 Å². The van der Waals surface area contributed by atoms with E-state index in [2.05, 4.69) is 24.8 Å². The molecular formula is C26H30FN3O2. The number of amides is 2. The van der Waals surface area contributed by atoms with Gasteiger partial charge in [0.15, 0.2) is 0 Å². The first-order valence-electron chi connectivity index (χ1n) is 11.4. The van der Waals surface area contributed by atoms with Crippen molar-refractivity contribution < 1.29 is 13.9 Å². The summed E-state index contributed by atoms with van der Waals surface area (Å²) in [5.74, 6) is 6.87.